The Morgan fingerprint density at radius 2 is 1.61 bits per heavy atom. The first-order valence-electron chi connectivity index (χ1n) is 13.7. The summed E-state index contributed by atoms with van der Waals surface area (Å²) in [4.78, 5) is 49.0. The number of amides is 2. The van der Waals surface area contributed by atoms with Gasteiger partial charge in [0.2, 0.25) is 5.91 Å². The summed E-state index contributed by atoms with van der Waals surface area (Å²) in [6.45, 7) is 3.87. The number of methoxy groups -OCH3 is 1. The molecule has 8 nitrogen and oxygen atoms in total. The smallest absolute Gasteiger partial charge is 0.273 e. The molecule has 0 saturated carbocycles. The number of carbonyl (C=O) groups excluding carboxylic acids is 3. The molecule has 2 aliphatic rings. The maximum atomic E-state index is 13.2. The van der Waals surface area contributed by atoms with Gasteiger partial charge in [0.1, 0.15) is 11.4 Å². The number of rotatable bonds is 8. The van der Waals surface area contributed by atoms with Gasteiger partial charge in [-0.1, -0.05) is 23.2 Å². The van der Waals surface area contributed by atoms with Crippen LogP contribution >= 0.6 is 34.5 Å². The van der Waals surface area contributed by atoms with Crippen LogP contribution in [0.1, 0.15) is 57.5 Å². The molecule has 3 aromatic rings. The Hall–Kier alpha value is -3.14. The van der Waals surface area contributed by atoms with E-state index >= 15 is 0 Å². The van der Waals surface area contributed by atoms with E-state index in [9.17, 15) is 14.4 Å². The highest BCUT2D eigenvalue weighted by Crippen LogP contribution is 2.32. The van der Waals surface area contributed by atoms with Crippen molar-refractivity contribution >= 4 is 57.8 Å². The molecule has 0 unspecified atom stereocenters. The van der Waals surface area contributed by atoms with Crippen LogP contribution in [0.3, 0.4) is 0 Å². The molecular formula is C30H32Cl2N4O4S. The fourth-order valence-corrected chi connectivity index (χ4v) is 6.52. The molecule has 0 radical (unpaired) electrons. The lowest BCUT2D eigenvalue weighted by molar-refractivity contribution is -0.132. The molecule has 216 valence electrons. The number of hydrogen-bond acceptors (Lipinski definition) is 7. The van der Waals surface area contributed by atoms with Crippen molar-refractivity contribution in [1.29, 1.82) is 0 Å². The van der Waals surface area contributed by atoms with Crippen molar-refractivity contribution in [3.8, 4) is 5.75 Å². The molecule has 2 aliphatic heterocycles. The number of ether oxygens (including phenoxy) is 1. The molecule has 5 rings (SSSR count). The number of piperidine rings is 1. The van der Waals surface area contributed by atoms with Gasteiger partial charge in [0.15, 0.2) is 5.78 Å². The molecule has 0 aliphatic carbocycles. The van der Waals surface area contributed by atoms with E-state index in [0.29, 0.717) is 66.3 Å². The first-order valence-corrected chi connectivity index (χ1v) is 15.4. The van der Waals surface area contributed by atoms with Crippen LogP contribution in [0.25, 0.3) is 0 Å². The molecule has 41 heavy (non-hydrogen) atoms. The van der Waals surface area contributed by atoms with Crippen LogP contribution in [0.5, 0.6) is 5.75 Å². The number of Topliss-reactive ketones (excluding diaryl/α,β-unsaturated/α-hetero) is 1. The molecule has 2 saturated heterocycles. The summed E-state index contributed by atoms with van der Waals surface area (Å²) in [7, 11) is 1.58. The average Bonchev–Trinajstić information content (AvgIpc) is 3.51. The highest BCUT2D eigenvalue weighted by molar-refractivity contribution is 7.09. The molecule has 3 heterocycles. The zero-order valence-corrected chi connectivity index (χ0v) is 25.2. The lowest BCUT2D eigenvalue weighted by Gasteiger charge is -2.36. The Morgan fingerprint density at radius 1 is 0.902 bits per heavy atom. The minimum atomic E-state index is -0.0494. The fraction of sp³-hybridized carbons (Fsp3) is 0.400. The molecule has 0 bridgehead atoms. The number of ketones is 1. The molecule has 1 aromatic heterocycles. The predicted molar refractivity (Wildman–Crippen MR) is 162 cm³/mol. The van der Waals surface area contributed by atoms with Crippen molar-refractivity contribution in [3.05, 3.63) is 74.2 Å². The maximum absolute atomic E-state index is 13.2. The number of likely N-dealkylation sites (tertiary alicyclic amines) is 1. The summed E-state index contributed by atoms with van der Waals surface area (Å²) < 4.78 is 5.13. The lowest BCUT2D eigenvalue weighted by Crippen LogP contribution is -2.48. The second-order valence-electron chi connectivity index (χ2n) is 10.3. The van der Waals surface area contributed by atoms with Gasteiger partial charge >= 0.3 is 0 Å². The van der Waals surface area contributed by atoms with Gasteiger partial charge in [-0.15, -0.1) is 11.3 Å². The minimum Gasteiger partial charge on any atom is -0.497 e. The average molecular weight is 616 g/mol. The van der Waals surface area contributed by atoms with Gasteiger partial charge < -0.3 is 19.4 Å². The number of halogens is 2. The van der Waals surface area contributed by atoms with Gasteiger partial charge in [0.25, 0.3) is 5.91 Å². The van der Waals surface area contributed by atoms with Gasteiger partial charge in [0, 0.05) is 74.7 Å². The molecule has 11 heteroatoms. The van der Waals surface area contributed by atoms with Gasteiger partial charge in [0.05, 0.1) is 22.2 Å². The van der Waals surface area contributed by atoms with Crippen molar-refractivity contribution in [2.24, 2.45) is 0 Å². The summed E-state index contributed by atoms with van der Waals surface area (Å²) in [6.07, 6.45) is 1.97. The summed E-state index contributed by atoms with van der Waals surface area (Å²) in [5, 5.41) is 3.85. The van der Waals surface area contributed by atoms with E-state index in [0.717, 1.165) is 23.5 Å². The molecule has 2 fully saturated rings. The molecule has 0 atom stereocenters. The van der Waals surface area contributed by atoms with Crippen molar-refractivity contribution < 1.29 is 19.1 Å². The Bertz CT molecular complexity index is 1400. The largest absolute Gasteiger partial charge is 0.497 e. The van der Waals surface area contributed by atoms with Crippen molar-refractivity contribution in [2.45, 2.75) is 31.6 Å². The zero-order chi connectivity index (χ0) is 28.9. The van der Waals surface area contributed by atoms with Crippen LogP contribution in [0.2, 0.25) is 10.0 Å². The third kappa shape index (κ3) is 7.02. The van der Waals surface area contributed by atoms with Gasteiger partial charge in [-0.05, 0) is 55.3 Å². The molecule has 0 N–H and O–H groups in total. The van der Waals surface area contributed by atoms with E-state index in [2.05, 4.69) is 4.90 Å². The number of thiazole rings is 1. The lowest BCUT2D eigenvalue weighted by atomic mass is 9.97. The Labute approximate surface area is 253 Å². The van der Waals surface area contributed by atoms with Gasteiger partial charge in [-0.2, -0.15) is 0 Å². The summed E-state index contributed by atoms with van der Waals surface area (Å²) in [5.74, 6) is 0.817. The number of benzene rings is 2. The second kappa shape index (κ2) is 13.2. The highest BCUT2D eigenvalue weighted by atomic mass is 35.5. The van der Waals surface area contributed by atoms with E-state index < -0.39 is 0 Å². The number of carbonyl (C=O) groups is 3. The van der Waals surface area contributed by atoms with Crippen LogP contribution in [0, 0.1) is 0 Å². The van der Waals surface area contributed by atoms with Gasteiger partial charge in [-0.25, -0.2) is 4.98 Å². The number of nitrogens with zero attached hydrogens (tertiary/aromatic N) is 4. The second-order valence-corrected chi connectivity index (χ2v) is 12.0. The van der Waals surface area contributed by atoms with E-state index in [1.165, 1.54) is 11.3 Å². The monoisotopic (exact) mass is 614 g/mol. The van der Waals surface area contributed by atoms with Crippen LogP contribution in [0.4, 0.5) is 5.69 Å². The molecular weight excluding hydrogens is 583 g/mol. The first-order chi connectivity index (χ1) is 19.8. The zero-order valence-electron chi connectivity index (χ0n) is 22.9. The molecule has 0 spiro atoms. The van der Waals surface area contributed by atoms with Crippen LogP contribution in [0.15, 0.2) is 47.8 Å². The molecule has 2 amide bonds. The number of aromatic nitrogens is 1. The highest BCUT2D eigenvalue weighted by Gasteiger charge is 2.28. The molecule has 2 aromatic carbocycles. The summed E-state index contributed by atoms with van der Waals surface area (Å²) in [5.41, 5.74) is 2.07. The van der Waals surface area contributed by atoms with Crippen molar-refractivity contribution in [2.75, 3.05) is 51.3 Å². The third-order valence-electron chi connectivity index (χ3n) is 7.75. The van der Waals surface area contributed by atoms with E-state index in [-0.39, 0.29) is 36.4 Å². The van der Waals surface area contributed by atoms with Crippen LogP contribution in [-0.4, -0.2) is 78.8 Å². The van der Waals surface area contributed by atoms with Crippen LogP contribution < -0.4 is 9.64 Å². The number of hydrogen-bond donors (Lipinski definition) is 0. The predicted octanol–water partition coefficient (Wildman–Crippen LogP) is 5.79. The quantitative estimate of drug-likeness (QED) is 0.299. The minimum absolute atomic E-state index is 0.000307. The van der Waals surface area contributed by atoms with Crippen molar-refractivity contribution in [1.82, 2.24) is 14.8 Å². The van der Waals surface area contributed by atoms with Gasteiger partial charge in [-0.3, -0.25) is 14.4 Å². The Morgan fingerprint density at radius 3 is 2.27 bits per heavy atom. The normalized spacial score (nSPS) is 16.1. The first kappa shape index (κ1) is 29.4. The summed E-state index contributed by atoms with van der Waals surface area (Å²) in [6, 6.07) is 12.5. The summed E-state index contributed by atoms with van der Waals surface area (Å²) >= 11 is 13.7. The SMILES string of the molecule is COc1ccc(C(=O)CCC(=O)N2CCC(c3nc(C(=O)N4CCN(c5ccc(Cl)c(Cl)c5)CC4)cs3)CC2)cc1. The van der Waals surface area contributed by atoms with Crippen LogP contribution in [-0.2, 0) is 4.79 Å². The number of piperazine rings is 1. The number of anilines is 1. The van der Waals surface area contributed by atoms with Crippen molar-refractivity contribution in [3.63, 3.8) is 0 Å². The standard InChI is InChI=1S/C30H32Cl2N4O4S/c1-40-23-5-2-20(3-6-23)27(37)8-9-28(38)35-12-10-21(11-13-35)29-33-26(19-41-29)30(39)36-16-14-34(15-17-36)22-4-7-24(31)25(32)18-22/h2-7,18-19,21H,8-17H2,1H3. The fourth-order valence-electron chi connectivity index (χ4n) is 5.26. The maximum Gasteiger partial charge on any atom is 0.273 e. The Kier molecular flexibility index (Phi) is 9.47. The van der Waals surface area contributed by atoms with E-state index in [1.807, 2.05) is 27.3 Å². The van der Waals surface area contributed by atoms with E-state index in [4.69, 9.17) is 32.9 Å². The van der Waals surface area contributed by atoms with E-state index in [1.54, 1.807) is 37.4 Å². The topological polar surface area (TPSA) is 83.0 Å². The Balaban J connectivity index is 1.07. The third-order valence-corrected chi connectivity index (χ3v) is 9.50.